The summed E-state index contributed by atoms with van der Waals surface area (Å²) in [6.45, 7) is 7.20. The molecule has 1 aliphatic heterocycles. The minimum atomic E-state index is 0.514. The second-order valence-corrected chi connectivity index (χ2v) is 7.81. The van der Waals surface area contributed by atoms with E-state index in [1.165, 1.54) is 16.6 Å². The van der Waals surface area contributed by atoms with Crippen LogP contribution >= 0.6 is 0 Å². The van der Waals surface area contributed by atoms with Crippen molar-refractivity contribution >= 4 is 22.2 Å². The van der Waals surface area contributed by atoms with E-state index in [2.05, 4.69) is 50.8 Å². The maximum atomic E-state index is 5.72. The van der Waals surface area contributed by atoms with Crippen molar-refractivity contribution in [1.82, 2.24) is 19.7 Å². The van der Waals surface area contributed by atoms with E-state index in [-0.39, 0.29) is 0 Å². The Morgan fingerprint density at radius 1 is 1.10 bits per heavy atom. The number of nitrogens with zero attached hydrogens (tertiary/aromatic N) is 4. The number of methoxy groups -OCH3 is 1. The van der Waals surface area contributed by atoms with Crippen molar-refractivity contribution in [3.05, 3.63) is 54.4 Å². The monoisotopic (exact) mass is 417 g/mol. The zero-order valence-electron chi connectivity index (χ0n) is 18.0. The number of hydrogen-bond acceptors (Lipinski definition) is 6. The average Bonchev–Trinajstić information content (AvgIpc) is 3.23. The first-order chi connectivity index (χ1) is 15.2. The van der Waals surface area contributed by atoms with E-state index >= 15 is 0 Å². The molecule has 160 valence electrons. The first-order valence-electron chi connectivity index (χ1n) is 10.7. The molecule has 1 fully saturated rings. The van der Waals surface area contributed by atoms with Crippen LogP contribution in [-0.2, 0) is 4.74 Å². The van der Waals surface area contributed by atoms with Crippen LogP contribution < -0.4 is 15.0 Å². The highest BCUT2D eigenvalue weighted by Gasteiger charge is 2.17. The first kappa shape index (κ1) is 19.8. The van der Waals surface area contributed by atoms with Crippen LogP contribution in [0.4, 0.5) is 5.69 Å². The highest BCUT2D eigenvalue weighted by molar-refractivity contribution is 5.94. The molecule has 4 heterocycles. The molecule has 0 amide bonds. The van der Waals surface area contributed by atoms with Gasteiger partial charge in [0, 0.05) is 50.9 Å². The highest BCUT2D eigenvalue weighted by atomic mass is 16.5. The smallest absolute Gasteiger partial charge is 0.140 e. The third kappa shape index (κ3) is 3.82. The minimum Gasteiger partial charge on any atom is -0.491 e. The highest BCUT2D eigenvalue weighted by Crippen LogP contribution is 2.31. The standard InChI is InChI=1S/C24H27N5O2/c1-17-14-20(22-16-26-23-15-18(6-9-29(22)23)31-13-12-30-2)27-24-19(17)4-3-5-21(24)28-10-7-25-8-11-28/h3-6,9,14-16,25H,7-8,10-13H2,1-2H3. The van der Waals surface area contributed by atoms with Gasteiger partial charge in [-0.2, -0.15) is 0 Å². The minimum absolute atomic E-state index is 0.514. The topological polar surface area (TPSA) is 63.9 Å². The number of nitrogens with one attached hydrogen (secondary N) is 1. The van der Waals surface area contributed by atoms with Crippen LogP contribution in [-0.4, -0.2) is 60.9 Å². The van der Waals surface area contributed by atoms with Gasteiger partial charge in [-0.25, -0.2) is 9.97 Å². The Labute approximate surface area is 181 Å². The summed E-state index contributed by atoms with van der Waals surface area (Å²) in [4.78, 5) is 12.1. The number of rotatable bonds is 6. The van der Waals surface area contributed by atoms with Crippen molar-refractivity contribution in [1.29, 1.82) is 0 Å². The van der Waals surface area contributed by atoms with Crippen LogP contribution in [0.25, 0.3) is 27.9 Å². The summed E-state index contributed by atoms with van der Waals surface area (Å²) in [6.07, 6.45) is 3.87. The van der Waals surface area contributed by atoms with Crippen molar-refractivity contribution in [3.63, 3.8) is 0 Å². The van der Waals surface area contributed by atoms with E-state index in [0.717, 1.165) is 54.5 Å². The molecule has 3 aromatic heterocycles. The number of para-hydroxylation sites is 1. The Morgan fingerprint density at radius 2 is 1.97 bits per heavy atom. The summed E-state index contributed by atoms with van der Waals surface area (Å²) in [7, 11) is 1.67. The molecule has 0 bridgehead atoms. The van der Waals surface area contributed by atoms with Crippen LogP contribution in [0.2, 0.25) is 0 Å². The van der Waals surface area contributed by atoms with Gasteiger partial charge in [-0.1, -0.05) is 12.1 Å². The second-order valence-electron chi connectivity index (χ2n) is 7.81. The Kier molecular flexibility index (Phi) is 5.44. The molecule has 1 aliphatic rings. The molecule has 0 atom stereocenters. The zero-order chi connectivity index (χ0) is 21.2. The molecular formula is C24H27N5O2. The number of anilines is 1. The van der Waals surface area contributed by atoms with Crippen LogP contribution in [0.15, 0.2) is 48.8 Å². The van der Waals surface area contributed by atoms with Gasteiger partial charge in [0.05, 0.1) is 35.4 Å². The van der Waals surface area contributed by atoms with E-state index in [0.29, 0.717) is 13.2 Å². The van der Waals surface area contributed by atoms with Crippen LogP contribution in [0, 0.1) is 6.92 Å². The molecule has 7 heteroatoms. The number of hydrogen-bond donors (Lipinski definition) is 1. The van der Waals surface area contributed by atoms with Crippen molar-refractivity contribution in [2.75, 3.05) is 51.4 Å². The predicted octanol–water partition coefficient (Wildman–Crippen LogP) is 3.29. The summed E-state index contributed by atoms with van der Waals surface area (Å²) in [5, 5.41) is 4.62. The number of piperazine rings is 1. The maximum Gasteiger partial charge on any atom is 0.140 e. The average molecular weight is 418 g/mol. The fraction of sp³-hybridized carbons (Fsp3) is 0.333. The molecule has 0 aliphatic carbocycles. The van der Waals surface area contributed by atoms with E-state index in [9.17, 15) is 0 Å². The summed E-state index contributed by atoms with van der Waals surface area (Å²) in [5.41, 5.74) is 6.19. The fourth-order valence-corrected chi connectivity index (χ4v) is 4.18. The molecule has 1 N–H and O–H groups in total. The number of pyridine rings is 2. The van der Waals surface area contributed by atoms with Gasteiger partial charge in [0.2, 0.25) is 0 Å². The number of aryl methyl sites for hydroxylation is 1. The molecule has 0 saturated carbocycles. The third-order valence-corrected chi connectivity index (χ3v) is 5.79. The summed E-state index contributed by atoms with van der Waals surface area (Å²) in [5.74, 6) is 0.783. The molecule has 4 aromatic rings. The van der Waals surface area contributed by atoms with Gasteiger partial charge in [0.25, 0.3) is 0 Å². The van der Waals surface area contributed by atoms with Gasteiger partial charge in [-0.05, 0) is 30.7 Å². The first-order valence-corrected chi connectivity index (χ1v) is 10.7. The largest absolute Gasteiger partial charge is 0.491 e. The van der Waals surface area contributed by atoms with Crippen molar-refractivity contribution in [3.8, 4) is 17.1 Å². The molecule has 31 heavy (non-hydrogen) atoms. The van der Waals surface area contributed by atoms with Crippen molar-refractivity contribution in [2.24, 2.45) is 0 Å². The molecule has 7 nitrogen and oxygen atoms in total. The Hall–Kier alpha value is -3.16. The van der Waals surface area contributed by atoms with Crippen LogP contribution in [0.1, 0.15) is 5.56 Å². The third-order valence-electron chi connectivity index (χ3n) is 5.79. The predicted molar refractivity (Wildman–Crippen MR) is 123 cm³/mol. The zero-order valence-corrected chi connectivity index (χ0v) is 18.0. The second kappa shape index (κ2) is 8.53. The van der Waals surface area contributed by atoms with E-state index in [1.54, 1.807) is 7.11 Å². The maximum absolute atomic E-state index is 5.72. The van der Waals surface area contributed by atoms with E-state index in [1.807, 2.05) is 24.5 Å². The lowest BCUT2D eigenvalue weighted by Crippen LogP contribution is -2.43. The lowest BCUT2D eigenvalue weighted by atomic mass is 10.1. The van der Waals surface area contributed by atoms with Gasteiger partial charge < -0.3 is 19.7 Å². The molecule has 1 aromatic carbocycles. The molecule has 0 radical (unpaired) electrons. The summed E-state index contributed by atoms with van der Waals surface area (Å²) in [6, 6.07) is 12.5. The Morgan fingerprint density at radius 3 is 2.81 bits per heavy atom. The number of imidazole rings is 1. The number of aromatic nitrogens is 3. The lowest BCUT2D eigenvalue weighted by Gasteiger charge is -2.30. The van der Waals surface area contributed by atoms with Crippen LogP contribution in [0.3, 0.4) is 0 Å². The van der Waals surface area contributed by atoms with E-state index in [4.69, 9.17) is 14.5 Å². The quantitative estimate of drug-likeness (QED) is 0.486. The lowest BCUT2D eigenvalue weighted by molar-refractivity contribution is 0.146. The Balaban J connectivity index is 1.56. The summed E-state index contributed by atoms with van der Waals surface area (Å²) < 4.78 is 12.8. The van der Waals surface area contributed by atoms with Crippen LogP contribution in [0.5, 0.6) is 5.75 Å². The van der Waals surface area contributed by atoms with Gasteiger partial charge in [0.15, 0.2) is 0 Å². The van der Waals surface area contributed by atoms with E-state index < -0.39 is 0 Å². The molecule has 0 unspecified atom stereocenters. The Bertz CT molecular complexity index is 1210. The van der Waals surface area contributed by atoms with Crippen molar-refractivity contribution < 1.29 is 9.47 Å². The normalized spacial score (nSPS) is 14.5. The molecule has 1 saturated heterocycles. The van der Waals surface area contributed by atoms with Gasteiger partial charge in [0.1, 0.15) is 18.0 Å². The summed E-state index contributed by atoms with van der Waals surface area (Å²) >= 11 is 0. The van der Waals surface area contributed by atoms with Gasteiger partial charge in [-0.3, -0.25) is 4.40 Å². The van der Waals surface area contributed by atoms with Crippen molar-refractivity contribution in [2.45, 2.75) is 6.92 Å². The number of fused-ring (bicyclic) bond motifs is 2. The number of ether oxygens (including phenoxy) is 2. The molecule has 5 rings (SSSR count). The molecular weight excluding hydrogens is 390 g/mol. The fourth-order valence-electron chi connectivity index (χ4n) is 4.18. The van der Waals surface area contributed by atoms with Gasteiger partial charge >= 0.3 is 0 Å². The van der Waals surface area contributed by atoms with Gasteiger partial charge in [-0.15, -0.1) is 0 Å². The SMILES string of the molecule is COCCOc1ccn2c(-c3cc(C)c4cccc(N5CCNCC5)c4n3)cnc2c1. The number of benzene rings is 1. The molecule has 0 spiro atoms.